The van der Waals surface area contributed by atoms with Crippen LogP contribution in [0, 0.1) is 13.8 Å². The lowest BCUT2D eigenvalue weighted by atomic mass is 9.98. The van der Waals surface area contributed by atoms with Crippen LogP contribution in [-0.2, 0) is 16.0 Å². The van der Waals surface area contributed by atoms with Gasteiger partial charge in [0.25, 0.3) is 0 Å². The maximum absolute atomic E-state index is 12.3. The molecule has 1 atom stereocenters. The second kappa shape index (κ2) is 6.31. The van der Waals surface area contributed by atoms with Crippen LogP contribution in [0.1, 0.15) is 23.6 Å². The molecule has 1 unspecified atom stereocenters. The SMILES string of the molecule is CCN1CCOC(C(=O)Cc2cc(C)ccc2C)C1. The van der Waals surface area contributed by atoms with E-state index < -0.39 is 0 Å². The molecule has 1 saturated heterocycles. The van der Waals surface area contributed by atoms with Crippen LogP contribution < -0.4 is 0 Å². The number of Topliss-reactive ketones (excluding diaryl/α,β-unsaturated/α-hetero) is 1. The number of nitrogens with zero attached hydrogens (tertiary/aromatic N) is 1. The molecule has 3 nitrogen and oxygen atoms in total. The summed E-state index contributed by atoms with van der Waals surface area (Å²) in [7, 11) is 0. The number of ketones is 1. The molecular formula is C16H23NO2. The summed E-state index contributed by atoms with van der Waals surface area (Å²) < 4.78 is 5.62. The molecule has 1 aromatic rings. The first kappa shape index (κ1) is 14.2. The predicted octanol–water partition coefficient (Wildman–Crippen LogP) is 2.14. The summed E-state index contributed by atoms with van der Waals surface area (Å²) in [5.74, 6) is 0.201. The molecule has 19 heavy (non-hydrogen) atoms. The van der Waals surface area contributed by atoms with Gasteiger partial charge in [-0.1, -0.05) is 30.7 Å². The Morgan fingerprint density at radius 3 is 2.95 bits per heavy atom. The number of hydrogen-bond acceptors (Lipinski definition) is 3. The third-order valence-corrected chi connectivity index (χ3v) is 3.83. The van der Waals surface area contributed by atoms with Gasteiger partial charge in [0.15, 0.2) is 5.78 Å². The van der Waals surface area contributed by atoms with Crippen LogP contribution in [0.2, 0.25) is 0 Å². The molecule has 0 spiro atoms. The lowest BCUT2D eigenvalue weighted by molar-refractivity contribution is -0.135. The number of morpholine rings is 1. The van der Waals surface area contributed by atoms with E-state index in [2.05, 4.69) is 43.9 Å². The normalized spacial score (nSPS) is 20.5. The largest absolute Gasteiger partial charge is 0.368 e. The minimum absolute atomic E-state index is 0.201. The highest BCUT2D eigenvalue weighted by atomic mass is 16.5. The van der Waals surface area contributed by atoms with Crippen molar-refractivity contribution in [2.24, 2.45) is 0 Å². The van der Waals surface area contributed by atoms with Crippen molar-refractivity contribution in [1.29, 1.82) is 0 Å². The molecular weight excluding hydrogens is 238 g/mol. The first-order valence-corrected chi connectivity index (χ1v) is 7.03. The van der Waals surface area contributed by atoms with Gasteiger partial charge in [0.05, 0.1) is 6.61 Å². The second-order valence-corrected chi connectivity index (χ2v) is 5.33. The summed E-state index contributed by atoms with van der Waals surface area (Å²) in [6, 6.07) is 6.27. The third-order valence-electron chi connectivity index (χ3n) is 3.83. The molecule has 0 radical (unpaired) electrons. The van der Waals surface area contributed by atoms with Gasteiger partial charge in [0.2, 0.25) is 0 Å². The van der Waals surface area contributed by atoms with E-state index in [0.717, 1.165) is 25.2 Å². The molecule has 0 bridgehead atoms. The van der Waals surface area contributed by atoms with Crippen LogP contribution in [0.4, 0.5) is 0 Å². The fourth-order valence-electron chi connectivity index (χ4n) is 2.48. The van der Waals surface area contributed by atoms with Crippen molar-refractivity contribution in [2.75, 3.05) is 26.2 Å². The Hall–Kier alpha value is -1.19. The van der Waals surface area contributed by atoms with Crippen LogP contribution >= 0.6 is 0 Å². The van der Waals surface area contributed by atoms with E-state index in [0.29, 0.717) is 13.0 Å². The van der Waals surface area contributed by atoms with Gasteiger partial charge in [-0.2, -0.15) is 0 Å². The van der Waals surface area contributed by atoms with Crippen molar-refractivity contribution in [3.05, 3.63) is 34.9 Å². The smallest absolute Gasteiger partial charge is 0.167 e. The van der Waals surface area contributed by atoms with E-state index in [9.17, 15) is 4.79 Å². The molecule has 0 saturated carbocycles. The van der Waals surface area contributed by atoms with Crippen molar-refractivity contribution in [1.82, 2.24) is 4.90 Å². The fourth-order valence-corrected chi connectivity index (χ4v) is 2.48. The Labute approximate surface area is 115 Å². The Morgan fingerprint density at radius 2 is 2.21 bits per heavy atom. The van der Waals surface area contributed by atoms with E-state index in [1.54, 1.807) is 0 Å². The van der Waals surface area contributed by atoms with E-state index in [4.69, 9.17) is 4.74 Å². The molecule has 1 aromatic carbocycles. The molecule has 1 aliphatic heterocycles. The zero-order valence-electron chi connectivity index (χ0n) is 12.1. The van der Waals surface area contributed by atoms with Crippen LogP contribution in [0.5, 0.6) is 0 Å². The summed E-state index contributed by atoms with van der Waals surface area (Å²) in [5.41, 5.74) is 3.51. The van der Waals surface area contributed by atoms with Gasteiger partial charge in [-0.25, -0.2) is 0 Å². The van der Waals surface area contributed by atoms with E-state index in [-0.39, 0.29) is 11.9 Å². The van der Waals surface area contributed by atoms with Crippen LogP contribution in [0.3, 0.4) is 0 Å². The van der Waals surface area contributed by atoms with E-state index in [1.165, 1.54) is 11.1 Å². The quantitative estimate of drug-likeness (QED) is 0.831. The summed E-state index contributed by atoms with van der Waals surface area (Å²) in [4.78, 5) is 14.6. The minimum atomic E-state index is -0.256. The van der Waals surface area contributed by atoms with Gasteiger partial charge in [-0.15, -0.1) is 0 Å². The highest BCUT2D eigenvalue weighted by Crippen LogP contribution is 2.14. The average molecular weight is 261 g/mol. The van der Waals surface area contributed by atoms with Crippen LogP contribution in [-0.4, -0.2) is 43.0 Å². The Balaban J connectivity index is 2.02. The Morgan fingerprint density at radius 1 is 1.42 bits per heavy atom. The molecule has 104 valence electrons. The molecule has 2 rings (SSSR count). The number of aryl methyl sites for hydroxylation is 2. The standard InChI is InChI=1S/C16H23NO2/c1-4-17-7-8-19-16(11-17)15(18)10-14-9-12(2)5-6-13(14)3/h5-6,9,16H,4,7-8,10-11H2,1-3H3. The zero-order valence-corrected chi connectivity index (χ0v) is 12.1. The maximum Gasteiger partial charge on any atom is 0.167 e. The fraction of sp³-hybridized carbons (Fsp3) is 0.562. The first-order valence-electron chi connectivity index (χ1n) is 7.03. The number of hydrogen-bond donors (Lipinski definition) is 0. The lowest BCUT2D eigenvalue weighted by Crippen LogP contribution is -2.46. The number of carbonyl (C=O) groups is 1. The number of ether oxygens (including phenoxy) is 1. The average Bonchev–Trinajstić information content (AvgIpc) is 2.43. The van der Waals surface area contributed by atoms with Crippen molar-refractivity contribution in [3.63, 3.8) is 0 Å². The molecule has 3 heteroatoms. The molecule has 0 aromatic heterocycles. The third kappa shape index (κ3) is 3.64. The summed E-state index contributed by atoms with van der Waals surface area (Å²) >= 11 is 0. The van der Waals surface area contributed by atoms with Crippen LogP contribution in [0.25, 0.3) is 0 Å². The minimum Gasteiger partial charge on any atom is -0.368 e. The molecule has 0 N–H and O–H groups in total. The molecule has 1 aliphatic rings. The highest BCUT2D eigenvalue weighted by molar-refractivity contribution is 5.85. The van der Waals surface area contributed by atoms with Crippen molar-refractivity contribution in [2.45, 2.75) is 33.3 Å². The number of likely N-dealkylation sites (N-methyl/N-ethyl adjacent to an activating group) is 1. The number of benzene rings is 1. The zero-order chi connectivity index (χ0) is 13.8. The van der Waals surface area contributed by atoms with Gasteiger partial charge in [-0.05, 0) is 31.5 Å². The van der Waals surface area contributed by atoms with Crippen LogP contribution in [0.15, 0.2) is 18.2 Å². The molecule has 0 aliphatic carbocycles. The monoisotopic (exact) mass is 261 g/mol. The second-order valence-electron chi connectivity index (χ2n) is 5.33. The van der Waals surface area contributed by atoms with Crippen molar-refractivity contribution < 1.29 is 9.53 Å². The van der Waals surface area contributed by atoms with Gasteiger partial charge in [-0.3, -0.25) is 9.69 Å². The predicted molar refractivity (Wildman–Crippen MR) is 76.5 cm³/mol. The molecule has 0 amide bonds. The molecule has 1 fully saturated rings. The molecule has 1 heterocycles. The Bertz CT molecular complexity index is 456. The van der Waals surface area contributed by atoms with Crippen molar-refractivity contribution >= 4 is 5.78 Å². The number of rotatable bonds is 4. The Kier molecular flexibility index (Phi) is 4.72. The van der Waals surface area contributed by atoms with Gasteiger partial charge in [0.1, 0.15) is 6.10 Å². The van der Waals surface area contributed by atoms with Gasteiger partial charge in [0, 0.05) is 19.5 Å². The number of carbonyl (C=O) groups excluding carboxylic acids is 1. The topological polar surface area (TPSA) is 29.5 Å². The lowest BCUT2D eigenvalue weighted by Gasteiger charge is -2.31. The van der Waals surface area contributed by atoms with Gasteiger partial charge < -0.3 is 4.74 Å². The first-order chi connectivity index (χ1) is 9.10. The highest BCUT2D eigenvalue weighted by Gasteiger charge is 2.25. The van der Waals surface area contributed by atoms with Gasteiger partial charge >= 0.3 is 0 Å². The van der Waals surface area contributed by atoms with E-state index in [1.807, 2.05) is 0 Å². The van der Waals surface area contributed by atoms with Crippen molar-refractivity contribution in [3.8, 4) is 0 Å². The summed E-state index contributed by atoms with van der Waals surface area (Å²) in [6.07, 6.45) is 0.226. The van der Waals surface area contributed by atoms with E-state index >= 15 is 0 Å². The summed E-state index contributed by atoms with van der Waals surface area (Å²) in [5, 5.41) is 0. The maximum atomic E-state index is 12.3. The summed E-state index contributed by atoms with van der Waals surface area (Å²) in [6.45, 7) is 9.56.